The van der Waals surface area contributed by atoms with E-state index in [-0.39, 0.29) is 24.0 Å². The van der Waals surface area contributed by atoms with Gasteiger partial charge in [-0.2, -0.15) is 0 Å². The standard InChI is InChI=1S/C22H31N3O3.HI/c1-3-23-22(24-14-5-7-18-10-12-20(26)13-11-18)25-19-8-4-9-21(17-19)28-16-6-15-27-2;/h4,8-13,17,26H,3,5-7,14-16H2,1-2H3,(H2,23,24,25);1H. The molecule has 0 aliphatic rings. The Labute approximate surface area is 190 Å². The number of phenolic OH excluding ortho intramolecular Hbond substituents is 1. The summed E-state index contributed by atoms with van der Waals surface area (Å²) in [6.45, 7) is 4.87. The Hall–Kier alpha value is -2.00. The number of halogens is 1. The largest absolute Gasteiger partial charge is 0.508 e. The lowest BCUT2D eigenvalue weighted by atomic mass is 10.1. The van der Waals surface area contributed by atoms with Crippen molar-refractivity contribution in [2.45, 2.75) is 26.2 Å². The molecule has 0 fully saturated rings. The number of guanidine groups is 1. The number of hydrogen-bond acceptors (Lipinski definition) is 4. The molecule has 0 saturated carbocycles. The van der Waals surface area contributed by atoms with Gasteiger partial charge in [-0.25, -0.2) is 0 Å². The van der Waals surface area contributed by atoms with Gasteiger partial charge in [-0.05, 0) is 49.6 Å². The molecule has 0 bridgehead atoms. The van der Waals surface area contributed by atoms with Gasteiger partial charge in [0.05, 0.1) is 6.61 Å². The van der Waals surface area contributed by atoms with Crippen LogP contribution in [0.5, 0.6) is 11.5 Å². The first kappa shape index (κ1) is 25.0. The molecule has 0 radical (unpaired) electrons. The third-order valence-corrected chi connectivity index (χ3v) is 4.03. The molecule has 160 valence electrons. The van der Waals surface area contributed by atoms with Crippen LogP contribution in [0.2, 0.25) is 0 Å². The second-order valence-electron chi connectivity index (χ2n) is 6.38. The summed E-state index contributed by atoms with van der Waals surface area (Å²) in [6.07, 6.45) is 2.72. The van der Waals surface area contributed by atoms with Crippen molar-refractivity contribution in [3.05, 3.63) is 54.1 Å². The van der Waals surface area contributed by atoms with E-state index in [1.807, 2.05) is 43.3 Å². The Morgan fingerprint density at radius 3 is 2.59 bits per heavy atom. The van der Waals surface area contributed by atoms with Gasteiger partial charge in [-0.15, -0.1) is 24.0 Å². The van der Waals surface area contributed by atoms with E-state index >= 15 is 0 Å². The fourth-order valence-corrected chi connectivity index (χ4v) is 2.64. The van der Waals surface area contributed by atoms with Crippen molar-refractivity contribution in [1.82, 2.24) is 5.32 Å². The quantitative estimate of drug-likeness (QED) is 0.179. The minimum absolute atomic E-state index is 0. The zero-order chi connectivity index (χ0) is 20.0. The number of ether oxygens (including phenoxy) is 2. The fraction of sp³-hybridized carbons (Fsp3) is 0.409. The Bertz CT molecular complexity index is 723. The summed E-state index contributed by atoms with van der Waals surface area (Å²) in [6, 6.07) is 15.2. The Kier molecular flexibility index (Phi) is 12.9. The van der Waals surface area contributed by atoms with E-state index in [0.29, 0.717) is 25.5 Å². The Balaban J connectivity index is 0.00000420. The number of aliphatic imine (C=N–C) groups is 1. The summed E-state index contributed by atoms with van der Waals surface area (Å²) < 4.78 is 10.8. The molecular formula is C22H32IN3O3. The van der Waals surface area contributed by atoms with Gasteiger partial charge in [0, 0.05) is 45.0 Å². The highest BCUT2D eigenvalue weighted by Crippen LogP contribution is 2.17. The molecule has 0 aromatic heterocycles. The maximum atomic E-state index is 9.34. The number of anilines is 1. The first-order valence-corrected chi connectivity index (χ1v) is 9.76. The maximum absolute atomic E-state index is 9.34. The van der Waals surface area contributed by atoms with Gasteiger partial charge in [0.2, 0.25) is 0 Å². The van der Waals surface area contributed by atoms with Crippen molar-refractivity contribution in [1.29, 1.82) is 0 Å². The summed E-state index contributed by atoms with van der Waals surface area (Å²) in [4.78, 5) is 4.65. The van der Waals surface area contributed by atoms with Gasteiger partial charge < -0.3 is 25.2 Å². The second-order valence-corrected chi connectivity index (χ2v) is 6.38. The number of nitrogens with zero attached hydrogens (tertiary/aromatic N) is 1. The van der Waals surface area contributed by atoms with Crippen LogP contribution in [0.15, 0.2) is 53.5 Å². The third-order valence-electron chi connectivity index (χ3n) is 4.03. The number of benzene rings is 2. The fourth-order valence-electron chi connectivity index (χ4n) is 2.64. The lowest BCUT2D eigenvalue weighted by molar-refractivity contribution is 0.172. The first-order valence-electron chi connectivity index (χ1n) is 9.76. The molecule has 0 saturated heterocycles. The predicted octanol–water partition coefficient (Wildman–Crippen LogP) is 4.44. The van der Waals surface area contributed by atoms with E-state index in [0.717, 1.165) is 43.2 Å². The van der Waals surface area contributed by atoms with Crippen LogP contribution in [-0.2, 0) is 11.2 Å². The van der Waals surface area contributed by atoms with Gasteiger partial charge in [-0.3, -0.25) is 4.99 Å². The van der Waals surface area contributed by atoms with E-state index in [4.69, 9.17) is 9.47 Å². The number of rotatable bonds is 11. The summed E-state index contributed by atoms with van der Waals surface area (Å²) in [5.41, 5.74) is 2.13. The highest BCUT2D eigenvalue weighted by atomic mass is 127. The number of hydrogen-bond donors (Lipinski definition) is 3. The van der Waals surface area contributed by atoms with E-state index in [2.05, 4.69) is 15.6 Å². The topological polar surface area (TPSA) is 75.1 Å². The van der Waals surface area contributed by atoms with Crippen LogP contribution >= 0.6 is 24.0 Å². The van der Waals surface area contributed by atoms with E-state index in [9.17, 15) is 5.11 Å². The minimum Gasteiger partial charge on any atom is -0.508 e. The lowest BCUT2D eigenvalue weighted by Gasteiger charge is -2.13. The molecule has 0 unspecified atom stereocenters. The highest BCUT2D eigenvalue weighted by molar-refractivity contribution is 14.0. The van der Waals surface area contributed by atoms with Gasteiger partial charge in [0.1, 0.15) is 11.5 Å². The molecular weight excluding hydrogens is 481 g/mol. The van der Waals surface area contributed by atoms with Crippen molar-refractivity contribution < 1.29 is 14.6 Å². The number of aromatic hydroxyl groups is 1. The average Bonchev–Trinajstić information content (AvgIpc) is 2.70. The van der Waals surface area contributed by atoms with Crippen LogP contribution in [0, 0.1) is 0 Å². The van der Waals surface area contributed by atoms with Crippen molar-refractivity contribution in [3.8, 4) is 11.5 Å². The molecule has 2 rings (SSSR count). The van der Waals surface area contributed by atoms with E-state index in [1.165, 1.54) is 5.56 Å². The van der Waals surface area contributed by atoms with Crippen molar-refractivity contribution in [2.75, 3.05) is 38.7 Å². The van der Waals surface area contributed by atoms with Gasteiger partial charge >= 0.3 is 0 Å². The molecule has 0 heterocycles. The maximum Gasteiger partial charge on any atom is 0.195 e. The molecule has 3 N–H and O–H groups in total. The number of nitrogens with one attached hydrogen (secondary N) is 2. The van der Waals surface area contributed by atoms with Crippen molar-refractivity contribution in [3.63, 3.8) is 0 Å². The van der Waals surface area contributed by atoms with Gasteiger partial charge in [-0.1, -0.05) is 18.2 Å². The smallest absolute Gasteiger partial charge is 0.195 e. The minimum atomic E-state index is 0. The van der Waals surface area contributed by atoms with Gasteiger partial charge in [0.15, 0.2) is 5.96 Å². The van der Waals surface area contributed by atoms with Crippen LogP contribution in [0.25, 0.3) is 0 Å². The van der Waals surface area contributed by atoms with Crippen LogP contribution in [-0.4, -0.2) is 44.5 Å². The van der Waals surface area contributed by atoms with Crippen molar-refractivity contribution in [2.24, 2.45) is 4.99 Å². The van der Waals surface area contributed by atoms with E-state index in [1.54, 1.807) is 19.2 Å². The predicted molar refractivity (Wildman–Crippen MR) is 130 cm³/mol. The molecule has 6 nitrogen and oxygen atoms in total. The Morgan fingerprint density at radius 1 is 1.07 bits per heavy atom. The average molecular weight is 513 g/mol. The van der Waals surface area contributed by atoms with E-state index < -0.39 is 0 Å². The summed E-state index contributed by atoms with van der Waals surface area (Å²) >= 11 is 0. The molecule has 29 heavy (non-hydrogen) atoms. The van der Waals surface area contributed by atoms with Crippen LogP contribution in [0.4, 0.5) is 5.69 Å². The third kappa shape index (κ3) is 10.4. The molecule has 0 amide bonds. The molecule has 2 aromatic rings. The molecule has 0 aliphatic carbocycles. The monoisotopic (exact) mass is 513 g/mol. The zero-order valence-corrected chi connectivity index (χ0v) is 19.5. The van der Waals surface area contributed by atoms with Crippen LogP contribution in [0.1, 0.15) is 25.3 Å². The molecule has 0 atom stereocenters. The second kappa shape index (κ2) is 14.9. The SMILES string of the molecule is CCNC(=NCCCc1ccc(O)cc1)Nc1cccc(OCCCOC)c1.I. The summed E-state index contributed by atoms with van der Waals surface area (Å²) in [5, 5.41) is 15.9. The van der Waals surface area contributed by atoms with Gasteiger partial charge in [0.25, 0.3) is 0 Å². The summed E-state index contributed by atoms with van der Waals surface area (Å²) in [7, 11) is 1.69. The number of phenols is 1. The lowest BCUT2D eigenvalue weighted by Crippen LogP contribution is -2.30. The first-order chi connectivity index (χ1) is 13.7. The Morgan fingerprint density at radius 2 is 1.86 bits per heavy atom. The number of aryl methyl sites for hydroxylation is 1. The molecule has 0 spiro atoms. The highest BCUT2D eigenvalue weighted by Gasteiger charge is 2.02. The van der Waals surface area contributed by atoms with Crippen LogP contribution < -0.4 is 15.4 Å². The number of methoxy groups -OCH3 is 1. The summed E-state index contributed by atoms with van der Waals surface area (Å²) in [5.74, 6) is 1.87. The molecule has 2 aromatic carbocycles. The molecule has 7 heteroatoms. The zero-order valence-electron chi connectivity index (χ0n) is 17.2. The normalized spacial score (nSPS) is 10.9. The molecule has 0 aliphatic heterocycles. The van der Waals surface area contributed by atoms with Crippen molar-refractivity contribution >= 4 is 35.6 Å². The van der Waals surface area contributed by atoms with Crippen LogP contribution in [0.3, 0.4) is 0 Å².